The molecule has 4 rings (SSSR count). The number of benzene rings is 4. The summed E-state index contributed by atoms with van der Waals surface area (Å²) < 4.78 is 22.6. The number of ether oxygens (including phenoxy) is 4. The van der Waals surface area contributed by atoms with E-state index < -0.39 is 6.10 Å². The predicted molar refractivity (Wildman–Crippen MR) is 149 cm³/mol. The van der Waals surface area contributed by atoms with Crippen molar-refractivity contribution in [3.63, 3.8) is 0 Å². The van der Waals surface area contributed by atoms with Gasteiger partial charge in [-0.25, -0.2) is 0 Å². The number of hydrogen-bond donors (Lipinski definition) is 2. The summed E-state index contributed by atoms with van der Waals surface area (Å²) in [7, 11) is 3.25. The third-order valence-electron chi connectivity index (χ3n) is 6.21. The molecule has 0 saturated carbocycles. The Bertz CT molecular complexity index is 1230. The second-order valence-electron chi connectivity index (χ2n) is 8.98. The van der Waals surface area contributed by atoms with Crippen LogP contribution >= 0.6 is 0 Å². The predicted octanol–water partition coefficient (Wildman–Crippen LogP) is 5.60. The maximum absolute atomic E-state index is 10.7. The first kappa shape index (κ1) is 27.0. The van der Waals surface area contributed by atoms with E-state index in [-0.39, 0.29) is 12.6 Å². The summed E-state index contributed by atoms with van der Waals surface area (Å²) in [6.07, 6.45) is 0.0661. The van der Waals surface area contributed by atoms with Crippen molar-refractivity contribution in [3.05, 3.63) is 120 Å². The minimum absolute atomic E-state index is 0.0343. The zero-order chi connectivity index (χ0) is 26.6. The molecule has 4 aromatic rings. The van der Waals surface area contributed by atoms with Crippen molar-refractivity contribution in [1.29, 1.82) is 0 Å². The molecule has 0 heterocycles. The molecule has 0 fully saturated rings. The Labute approximate surface area is 224 Å². The molecular formula is C32H35NO5. The highest BCUT2D eigenvalue weighted by atomic mass is 16.5. The Hall–Kier alpha value is -4.00. The van der Waals surface area contributed by atoms with E-state index in [4.69, 9.17) is 18.9 Å². The van der Waals surface area contributed by atoms with E-state index in [0.29, 0.717) is 30.4 Å². The summed E-state index contributed by atoms with van der Waals surface area (Å²) >= 11 is 0. The van der Waals surface area contributed by atoms with Crippen LogP contribution in [0.5, 0.6) is 23.0 Å². The van der Waals surface area contributed by atoms with Gasteiger partial charge in [-0.2, -0.15) is 0 Å². The van der Waals surface area contributed by atoms with Crippen LogP contribution in [0.1, 0.15) is 22.7 Å². The van der Waals surface area contributed by atoms with Gasteiger partial charge in [0.2, 0.25) is 0 Å². The lowest BCUT2D eigenvalue weighted by atomic mass is 9.98. The Morgan fingerprint density at radius 3 is 1.92 bits per heavy atom. The molecule has 1 unspecified atom stereocenters. The Balaban J connectivity index is 1.31. The van der Waals surface area contributed by atoms with Gasteiger partial charge >= 0.3 is 0 Å². The number of rotatable bonds is 14. The second kappa shape index (κ2) is 14.1. The zero-order valence-corrected chi connectivity index (χ0v) is 21.9. The summed E-state index contributed by atoms with van der Waals surface area (Å²) in [4.78, 5) is 0. The van der Waals surface area contributed by atoms with Crippen molar-refractivity contribution in [2.75, 3.05) is 27.4 Å². The first-order valence-corrected chi connectivity index (χ1v) is 12.7. The van der Waals surface area contributed by atoms with Crippen molar-refractivity contribution in [2.45, 2.75) is 25.2 Å². The van der Waals surface area contributed by atoms with Crippen LogP contribution in [0.4, 0.5) is 0 Å². The summed E-state index contributed by atoms with van der Waals surface area (Å²) in [6, 6.07) is 33.6. The van der Waals surface area contributed by atoms with Crippen molar-refractivity contribution in [3.8, 4) is 23.0 Å². The van der Waals surface area contributed by atoms with Gasteiger partial charge in [-0.1, -0.05) is 66.7 Å². The monoisotopic (exact) mass is 513 g/mol. The molecular weight excluding hydrogens is 478 g/mol. The van der Waals surface area contributed by atoms with E-state index in [1.165, 1.54) is 5.56 Å². The molecule has 2 atom stereocenters. The molecule has 0 radical (unpaired) electrons. The van der Waals surface area contributed by atoms with Crippen LogP contribution < -0.4 is 24.3 Å². The van der Waals surface area contributed by atoms with Crippen LogP contribution in [0.15, 0.2) is 103 Å². The lowest BCUT2D eigenvalue weighted by Gasteiger charge is -2.23. The SMILES string of the molecule is COc1ccc(C(Cc2ccccc2)NC[C@H](O)COc2ccc(OCc3ccccc3)cc2)cc1OC. The molecule has 38 heavy (non-hydrogen) atoms. The summed E-state index contributed by atoms with van der Waals surface area (Å²) in [6.45, 7) is 1.04. The van der Waals surface area contributed by atoms with Gasteiger partial charge in [0.15, 0.2) is 11.5 Å². The molecule has 6 nitrogen and oxygen atoms in total. The van der Waals surface area contributed by atoms with Gasteiger partial charge in [-0.05, 0) is 59.5 Å². The largest absolute Gasteiger partial charge is 0.493 e. The quantitative estimate of drug-likeness (QED) is 0.229. The molecule has 0 aliphatic rings. The Morgan fingerprint density at radius 1 is 0.684 bits per heavy atom. The fourth-order valence-corrected chi connectivity index (χ4v) is 4.13. The van der Waals surface area contributed by atoms with E-state index in [2.05, 4.69) is 17.4 Å². The summed E-state index contributed by atoms with van der Waals surface area (Å²) in [5.74, 6) is 2.79. The van der Waals surface area contributed by atoms with Crippen LogP contribution in [0, 0.1) is 0 Å². The van der Waals surface area contributed by atoms with E-state index in [1.807, 2.05) is 91.0 Å². The van der Waals surface area contributed by atoms with E-state index in [1.54, 1.807) is 14.2 Å². The van der Waals surface area contributed by atoms with Crippen molar-refractivity contribution in [2.24, 2.45) is 0 Å². The molecule has 0 saturated heterocycles. The van der Waals surface area contributed by atoms with E-state index in [0.717, 1.165) is 23.3 Å². The van der Waals surface area contributed by atoms with Gasteiger partial charge in [0.05, 0.1) is 14.2 Å². The lowest BCUT2D eigenvalue weighted by molar-refractivity contribution is 0.103. The van der Waals surface area contributed by atoms with Gasteiger partial charge in [-0.3, -0.25) is 0 Å². The van der Waals surface area contributed by atoms with Crippen LogP contribution in [-0.2, 0) is 13.0 Å². The lowest BCUT2D eigenvalue weighted by Crippen LogP contribution is -2.34. The van der Waals surface area contributed by atoms with Gasteiger partial charge in [0, 0.05) is 12.6 Å². The molecule has 0 bridgehead atoms. The van der Waals surface area contributed by atoms with Crippen LogP contribution in [-0.4, -0.2) is 38.6 Å². The fourth-order valence-electron chi connectivity index (χ4n) is 4.13. The topological polar surface area (TPSA) is 69.2 Å². The average Bonchev–Trinajstić information content (AvgIpc) is 2.98. The third kappa shape index (κ3) is 8.00. The number of aliphatic hydroxyl groups is 1. The number of hydrogen-bond acceptors (Lipinski definition) is 6. The molecule has 0 aliphatic heterocycles. The van der Waals surface area contributed by atoms with Gasteiger partial charge < -0.3 is 29.4 Å². The van der Waals surface area contributed by atoms with Crippen molar-refractivity contribution >= 4 is 0 Å². The minimum Gasteiger partial charge on any atom is -0.493 e. The molecule has 198 valence electrons. The molecule has 2 N–H and O–H groups in total. The highest BCUT2D eigenvalue weighted by Gasteiger charge is 2.17. The van der Waals surface area contributed by atoms with E-state index in [9.17, 15) is 5.11 Å². The Kier molecular flexibility index (Phi) is 10.0. The average molecular weight is 514 g/mol. The minimum atomic E-state index is -0.692. The van der Waals surface area contributed by atoms with Crippen LogP contribution in [0.2, 0.25) is 0 Å². The van der Waals surface area contributed by atoms with Crippen LogP contribution in [0.3, 0.4) is 0 Å². The maximum atomic E-state index is 10.7. The first-order chi connectivity index (χ1) is 18.6. The zero-order valence-electron chi connectivity index (χ0n) is 21.9. The van der Waals surface area contributed by atoms with Crippen LogP contribution in [0.25, 0.3) is 0 Å². The maximum Gasteiger partial charge on any atom is 0.161 e. The highest BCUT2D eigenvalue weighted by molar-refractivity contribution is 5.44. The molecule has 0 amide bonds. The van der Waals surface area contributed by atoms with Gasteiger partial charge in [-0.15, -0.1) is 0 Å². The van der Waals surface area contributed by atoms with Crippen molar-refractivity contribution in [1.82, 2.24) is 5.32 Å². The second-order valence-corrected chi connectivity index (χ2v) is 8.98. The molecule has 4 aromatic carbocycles. The number of nitrogens with one attached hydrogen (secondary N) is 1. The standard InChI is InChI=1S/C32H35NO5/c1-35-31-18-13-26(20-32(31)36-2)30(19-24-9-5-3-6-10-24)33-21-27(34)23-38-29-16-14-28(15-17-29)37-22-25-11-7-4-8-12-25/h3-18,20,27,30,33-34H,19,21-23H2,1-2H3/t27-,30?/m0/s1. The normalized spacial score (nSPS) is 12.4. The fraction of sp³-hybridized carbons (Fsp3) is 0.250. The van der Waals surface area contributed by atoms with Gasteiger partial charge in [0.25, 0.3) is 0 Å². The summed E-state index contributed by atoms with van der Waals surface area (Å²) in [5, 5.41) is 14.2. The smallest absolute Gasteiger partial charge is 0.161 e. The molecule has 6 heteroatoms. The highest BCUT2D eigenvalue weighted by Crippen LogP contribution is 2.31. The number of aliphatic hydroxyl groups excluding tert-OH is 1. The van der Waals surface area contributed by atoms with E-state index >= 15 is 0 Å². The molecule has 0 spiro atoms. The Morgan fingerprint density at radius 2 is 1.29 bits per heavy atom. The molecule has 0 aliphatic carbocycles. The van der Waals surface area contributed by atoms with Gasteiger partial charge in [0.1, 0.15) is 30.8 Å². The summed E-state index contributed by atoms with van der Waals surface area (Å²) in [5.41, 5.74) is 3.35. The van der Waals surface area contributed by atoms with Crippen molar-refractivity contribution < 1.29 is 24.1 Å². The third-order valence-corrected chi connectivity index (χ3v) is 6.21. The molecule has 0 aromatic heterocycles. The first-order valence-electron chi connectivity index (χ1n) is 12.7. The number of methoxy groups -OCH3 is 2.